The van der Waals surface area contributed by atoms with Gasteiger partial charge >= 0.3 is 0 Å². The summed E-state index contributed by atoms with van der Waals surface area (Å²) in [5, 5.41) is 0.883. The normalized spacial score (nSPS) is 10.7. The summed E-state index contributed by atoms with van der Waals surface area (Å²) in [5.74, 6) is 0. The fourth-order valence-corrected chi connectivity index (χ4v) is 1.99. The topological polar surface area (TPSA) is 58.6 Å². The maximum atomic E-state index is 11.5. The Labute approximate surface area is 97.9 Å². The fraction of sp³-hybridized carbons (Fsp3) is 0.125. The number of nitrogens with zero attached hydrogens (tertiary/aromatic N) is 2. The SMILES string of the molecule is O=c1[nH]cnc2cc(Cl)nc(CI)c12. The van der Waals surface area contributed by atoms with E-state index in [1.807, 2.05) is 0 Å². The van der Waals surface area contributed by atoms with Crippen molar-refractivity contribution in [3.8, 4) is 0 Å². The smallest absolute Gasteiger partial charge is 0.260 e. The number of alkyl halides is 1. The third kappa shape index (κ3) is 1.61. The zero-order valence-electron chi connectivity index (χ0n) is 6.92. The minimum atomic E-state index is -0.175. The summed E-state index contributed by atoms with van der Waals surface area (Å²) >= 11 is 7.92. The summed E-state index contributed by atoms with van der Waals surface area (Å²) < 4.78 is 0.629. The predicted octanol–water partition coefficient (Wildman–Crippen LogP) is 1.91. The van der Waals surface area contributed by atoms with E-state index in [1.165, 1.54) is 6.33 Å². The average molecular weight is 322 g/mol. The van der Waals surface area contributed by atoms with E-state index >= 15 is 0 Å². The Bertz CT molecular complexity index is 540. The molecule has 2 aromatic rings. The van der Waals surface area contributed by atoms with Gasteiger partial charge in [-0.3, -0.25) is 4.79 Å². The second-order valence-corrected chi connectivity index (χ2v) is 3.80. The first kappa shape index (κ1) is 9.85. The number of hydrogen-bond donors (Lipinski definition) is 1. The summed E-state index contributed by atoms with van der Waals surface area (Å²) in [6.45, 7) is 0. The molecule has 1 N–H and O–H groups in total. The molecule has 0 spiro atoms. The summed E-state index contributed by atoms with van der Waals surface area (Å²) in [5.41, 5.74) is 1.08. The maximum absolute atomic E-state index is 11.5. The molecular formula is C8H5ClIN3O. The molecule has 4 nitrogen and oxygen atoms in total. The molecular weight excluding hydrogens is 316 g/mol. The molecule has 0 aliphatic rings. The van der Waals surface area contributed by atoms with Crippen LogP contribution in [0, 0.1) is 0 Å². The first-order chi connectivity index (χ1) is 6.72. The lowest BCUT2D eigenvalue weighted by Gasteiger charge is -2.01. The van der Waals surface area contributed by atoms with Crippen LogP contribution in [0.4, 0.5) is 0 Å². The molecule has 0 radical (unpaired) electrons. The standard InChI is InChI=1S/C8H5ClIN3O/c9-6-1-4-7(5(2-10)13-6)8(14)12-3-11-4/h1,3H,2H2,(H,11,12,14). The van der Waals surface area contributed by atoms with Crippen molar-refractivity contribution in [2.45, 2.75) is 4.43 Å². The maximum Gasteiger partial charge on any atom is 0.260 e. The van der Waals surface area contributed by atoms with Gasteiger partial charge in [0.25, 0.3) is 5.56 Å². The van der Waals surface area contributed by atoms with Crippen LogP contribution in [-0.2, 0) is 4.43 Å². The Hall–Kier alpha value is -0.690. The zero-order valence-corrected chi connectivity index (χ0v) is 9.83. The van der Waals surface area contributed by atoms with Crippen molar-refractivity contribution >= 4 is 45.1 Å². The first-order valence-corrected chi connectivity index (χ1v) is 5.71. The van der Waals surface area contributed by atoms with E-state index in [2.05, 4.69) is 37.5 Å². The fourth-order valence-electron chi connectivity index (χ4n) is 1.23. The lowest BCUT2D eigenvalue weighted by molar-refractivity contribution is 1.13. The summed E-state index contributed by atoms with van der Waals surface area (Å²) in [6, 6.07) is 1.59. The number of halogens is 2. The molecule has 0 aromatic carbocycles. The molecule has 2 aromatic heterocycles. The lowest BCUT2D eigenvalue weighted by atomic mass is 10.2. The quantitative estimate of drug-likeness (QED) is 0.496. The van der Waals surface area contributed by atoms with Crippen LogP contribution in [0.25, 0.3) is 10.9 Å². The van der Waals surface area contributed by atoms with Crippen molar-refractivity contribution in [3.05, 3.63) is 33.6 Å². The number of aromatic amines is 1. The van der Waals surface area contributed by atoms with Gasteiger partial charge in [-0.2, -0.15) is 0 Å². The van der Waals surface area contributed by atoms with Gasteiger partial charge in [-0.1, -0.05) is 34.2 Å². The van der Waals surface area contributed by atoms with Crippen molar-refractivity contribution < 1.29 is 0 Å². The highest BCUT2D eigenvalue weighted by molar-refractivity contribution is 14.1. The molecule has 0 bridgehead atoms. The number of hydrogen-bond acceptors (Lipinski definition) is 3. The number of nitrogens with one attached hydrogen (secondary N) is 1. The first-order valence-electron chi connectivity index (χ1n) is 3.81. The highest BCUT2D eigenvalue weighted by atomic mass is 127. The van der Waals surface area contributed by atoms with Gasteiger partial charge in [0.1, 0.15) is 5.15 Å². The van der Waals surface area contributed by atoms with Crippen LogP contribution in [-0.4, -0.2) is 15.0 Å². The van der Waals surface area contributed by atoms with Crippen LogP contribution in [0.15, 0.2) is 17.2 Å². The monoisotopic (exact) mass is 321 g/mol. The second kappa shape index (κ2) is 3.82. The summed E-state index contributed by atoms with van der Waals surface area (Å²) in [4.78, 5) is 22.1. The van der Waals surface area contributed by atoms with Crippen molar-refractivity contribution in [2.24, 2.45) is 0 Å². The molecule has 0 aliphatic heterocycles. The average Bonchev–Trinajstić information content (AvgIpc) is 2.16. The van der Waals surface area contributed by atoms with Crippen LogP contribution in [0.5, 0.6) is 0 Å². The highest BCUT2D eigenvalue weighted by Crippen LogP contribution is 2.17. The van der Waals surface area contributed by atoms with Gasteiger partial charge in [0.15, 0.2) is 0 Å². The van der Waals surface area contributed by atoms with Gasteiger partial charge in [-0.05, 0) is 0 Å². The van der Waals surface area contributed by atoms with Crippen LogP contribution in [0.3, 0.4) is 0 Å². The van der Waals surface area contributed by atoms with E-state index in [9.17, 15) is 4.79 Å². The van der Waals surface area contributed by atoms with Crippen LogP contribution in [0.1, 0.15) is 5.69 Å². The molecule has 0 aliphatic carbocycles. The largest absolute Gasteiger partial charge is 0.313 e. The molecule has 0 saturated heterocycles. The molecule has 0 atom stereocenters. The molecule has 0 fully saturated rings. The third-order valence-corrected chi connectivity index (χ3v) is 2.71. The molecule has 72 valence electrons. The van der Waals surface area contributed by atoms with Gasteiger partial charge in [-0.15, -0.1) is 0 Å². The van der Waals surface area contributed by atoms with Gasteiger partial charge in [0.05, 0.1) is 22.9 Å². The van der Waals surface area contributed by atoms with E-state index < -0.39 is 0 Å². The van der Waals surface area contributed by atoms with E-state index in [-0.39, 0.29) is 5.56 Å². The Morgan fingerprint density at radius 2 is 2.36 bits per heavy atom. The molecule has 6 heteroatoms. The molecule has 2 heterocycles. The van der Waals surface area contributed by atoms with Crippen molar-refractivity contribution in [2.75, 3.05) is 0 Å². The molecule has 0 amide bonds. The Kier molecular flexibility index (Phi) is 2.69. The van der Waals surface area contributed by atoms with Crippen molar-refractivity contribution in [1.82, 2.24) is 15.0 Å². The number of fused-ring (bicyclic) bond motifs is 1. The molecule has 2 rings (SSSR count). The Morgan fingerprint density at radius 3 is 3.07 bits per heavy atom. The van der Waals surface area contributed by atoms with Gasteiger partial charge in [-0.25, -0.2) is 9.97 Å². The van der Waals surface area contributed by atoms with Gasteiger partial charge in [0.2, 0.25) is 0 Å². The van der Waals surface area contributed by atoms with Crippen LogP contribution in [0.2, 0.25) is 5.15 Å². The van der Waals surface area contributed by atoms with Crippen molar-refractivity contribution in [1.29, 1.82) is 0 Å². The number of rotatable bonds is 1. The zero-order chi connectivity index (χ0) is 10.1. The Balaban J connectivity index is 2.96. The molecule has 0 unspecified atom stereocenters. The highest BCUT2D eigenvalue weighted by Gasteiger charge is 2.07. The van der Waals surface area contributed by atoms with Crippen molar-refractivity contribution in [3.63, 3.8) is 0 Å². The summed E-state index contributed by atoms with van der Waals surface area (Å²) in [6.07, 6.45) is 1.36. The number of pyridine rings is 1. The van der Waals surface area contributed by atoms with Gasteiger partial charge in [0, 0.05) is 10.5 Å². The van der Waals surface area contributed by atoms with Gasteiger partial charge < -0.3 is 4.98 Å². The minimum Gasteiger partial charge on any atom is -0.313 e. The molecule has 14 heavy (non-hydrogen) atoms. The van der Waals surface area contributed by atoms with E-state index in [1.54, 1.807) is 6.07 Å². The van der Waals surface area contributed by atoms with E-state index in [0.29, 0.717) is 26.2 Å². The third-order valence-electron chi connectivity index (χ3n) is 1.80. The second-order valence-electron chi connectivity index (χ2n) is 2.65. The lowest BCUT2D eigenvalue weighted by Crippen LogP contribution is -2.09. The van der Waals surface area contributed by atoms with E-state index in [4.69, 9.17) is 11.6 Å². The van der Waals surface area contributed by atoms with Crippen LogP contribution < -0.4 is 5.56 Å². The predicted molar refractivity (Wildman–Crippen MR) is 62.9 cm³/mol. The Morgan fingerprint density at radius 1 is 1.57 bits per heavy atom. The number of H-pyrrole nitrogens is 1. The van der Waals surface area contributed by atoms with E-state index in [0.717, 1.165) is 0 Å². The van der Waals surface area contributed by atoms with Crippen LogP contribution >= 0.6 is 34.2 Å². The number of aromatic nitrogens is 3. The minimum absolute atomic E-state index is 0.175. The summed E-state index contributed by atoms with van der Waals surface area (Å²) in [7, 11) is 0. The molecule has 0 saturated carbocycles.